The van der Waals surface area contributed by atoms with Crippen LogP contribution >= 0.6 is 12.2 Å². The lowest BCUT2D eigenvalue weighted by molar-refractivity contribution is -0.856. The van der Waals surface area contributed by atoms with E-state index in [1.807, 2.05) is 54.6 Å². The first-order chi connectivity index (χ1) is 10.6. The van der Waals surface area contributed by atoms with Crippen molar-refractivity contribution in [2.45, 2.75) is 0 Å². The third-order valence-electron chi connectivity index (χ3n) is 3.12. The third-order valence-corrected chi connectivity index (χ3v) is 3.36. The van der Waals surface area contributed by atoms with Crippen LogP contribution in [0, 0.1) is 0 Å². The third kappa shape index (κ3) is 5.71. The highest BCUT2D eigenvalue weighted by atomic mass is 32.1. The second kappa shape index (κ2) is 8.36. The molecule has 0 fully saturated rings. The maximum Gasteiger partial charge on any atom is 0.170 e. The molecular weight excluding hydrogens is 292 g/mol. The maximum absolute atomic E-state index is 5.28. The molecule has 4 nitrogen and oxygen atoms in total. The molecule has 22 heavy (non-hydrogen) atoms. The highest BCUT2D eigenvalue weighted by molar-refractivity contribution is 7.80. The summed E-state index contributed by atoms with van der Waals surface area (Å²) in [7, 11) is 4.24. The zero-order valence-corrected chi connectivity index (χ0v) is 13.8. The zero-order chi connectivity index (χ0) is 15.8. The first-order valence-electron chi connectivity index (χ1n) is 7.39. The molecule has 0 amide bonds. The lowest BCUT2D eigenvalue weighted by atomic mass is 10.2. The Morgan fingerprint density at radius 2 is 1.50 bits per heavy atom. The van der Waals surface area contributed by atoms with Gasteiger partial charge in [0.15, 0.2) is 5.11 Å². The molecule has 0 bridgehead atoms. The number of hydrogen-bond donors (Lipinski definition) is 4. The van der Waals surface area contributed by atoms with Crippen molar-refractivity contribution < 1.29 is 4.90 Å². The molecule has 0 aliphatic carbocycles. The Bertz CT molecular complexity index is 581. The molecule has 0 radical (unpaired) electrons. The number of para-hydroxylation sites is 1. The monoisotopic (exact) mass is 315 g/mol. The van der Waals surface area contributed by atoms with E-state index in [1.165, 1.54) is 4.90 Å². The van der Waals surface area contributed by atoms with Crippen LogP contribution in [-0.2, 0) is 0 Å². The van der Waals surface area contributed by atoms with Crippen molar-refractivity contribution in [3.63, 3.8) is 0 Å². The van der Waals surface area contributed by atoms with Gasteiger partial charge in [0.05, 0.1) is 27.2 Å². The quantitative estimate of drug-likeness (QED) is 0.614. The Kier molecular flexibility index (Phi) is 6.18. The van der Waals surface area contributed by atoms with Gasteiger partial charge in [0.25, 0.3) is 0 Å². The van der Waals surface area contributed by atoms with E-state index in [0.717, 1.165) is 30.2 Å². The molecule has 116 valence electrons. The van der Waals surface area contributed by atoms with Gasteiger partial charge < -0.3 is 20.9 Å². The molecular formula is C17H23N4S+. The summed E-state index contributed by atoms with van der Waals surface area (Å²) in [6.45, 7) is 1.89. The largest absolute Gasteiger partial charge is 0.357 e. The topological polar surface area (TPSA) is 40.5 Å². The number of quaternary nitrogens is 1. The minimum atomic E-state index is 0.657. The SMILES string of the molecule is C[NH+](C)CCNC(=S)Nc1ccc(Nc2ccccc2)cc1. The van der Waals surface area contributed by atoms with Gasteiger partial charge in [0.2, 0.25) is 0 Å². The summed E-state index contributed by atoms with van der Waals surface area (Å²) in [6.07, 6.45) is 0. The van der Waals surface area contributed by atoms with Crippen LogP contribution in [0.2, 0.25) is 0 Å². The molecule has 0 saturated heterocycles. The minimum absolute atomic E-state index is 0.657. The summed E-state index contributed by atoms with van der Waals surface area (Å²) >= 11 is 5.28. The molecule has 0 aromatic heterocycles. The van der Waals surface area contributed by atoms with Gasteiger partial charge >= 0.3 is 0 Å². The first kappa shape index (κ1) is 16.3. The van der Waals surface area contributed by atoms with Gasteiger partial charge in [-0.05, 0) is 48.6 Å². The van der Waals surface area contributed by atoms with Crippen molar-refractivity contribution in [2.24, 2.45) is 0 Å². The minimum Gasteiger partial charge on any atom is -0.357 e. The molecule has 0 unspecified atom stereocenters. The fourth-order valence-corrected chi connectivity index (χ4v) is 2.15. The Hall–Kier alpha value is -2.11. The van der Waals surface area contributed by atoms with Crippen molar-refractivity contribution in [1.82, 2.24) is 5.32 Å². The average molecular weight is 315 g/mol. The lowest BCUT2D eigenvalue weighted by Gasteiger charge is -2.12. The highest BCUT2D eigenvalue weighted by Crippen LogP contribution is 2.18. The molecule has 0 spiro atoms. The van der Waals surface area contributed by atoms with Crippen molar-refractivity contribution in [3.8, 4) is 0 Å². The molecule has 0 atom stereocenters. The van der Waals surface area contributed by atoms with Crippen LogP contribution in [0.15, 0.2) is 54.6 Å². The van der Waals surface area contributed by atoms with Crippen LogP contribution in [0.25, 0.3) is 0 Å². The van der Waals surface area contributed by atoms with E-state index in [4.69, 9.17) is 12.2 Å². The number of benzene rings is 2. The Morgan fingerprint density at radius 3 is 2.14 bits per heavy atom. The van der Waals surface area contributed by atoms with Crippen LogP contribution in [0.5, 0.6) is 0 Å². The van der Waals surface area contributed by atoms with Gasteiger partial charge in [-0.15, -0.1) is 0 Å². The summed E-state index contributed by atoms with van der Waals surface area (Å²) < 4.78 is 0. The molecule has 2 rings (SSSR count). The van der Waals surface area contributed by atoms with Crippen LogP contribution in [0.4, 0.5) is 17.1 Å². The predicted octanol–water partition coefficient (Wildman–Crippen LogP) is 1.86. The summed E-state index contributed by atoms with van der Waals surface area (Å²) in [5, 5.41) is 10.4. The summed E-state index contributed by atoms with van der Waals surface area (Å²) in [5.74, 6) is 0. The molecule has 0 aliphatic rings. The van der Waals surface area contributed by atoms with Crippen LogP contribution < -0.4 is 20.9 Å². The van der Waals surface area contributed by atoms with E-state index in [9.17, 15) is 0 Å². The van der Waals surface area contributed by atoms with E-state index in [1.54, 1.807) is 0 Å². The van der Waals surface area contributed by atoms with Crippen molar-refractivity contribution >= 4 is 34.4 Å². The number of hydrogen-bond acceptors (Lipinski definition) is 2. The molecule has 2 aromatic carbocycles. The normalized spacial score (nSPS) is 10.3. The van der Waals surface area contributed by atoms with Gasteiger partial charge in [0.1, 0.15) is 0 Å². The molecule has 0 saturated carbocycles. The average Bonchev–Trinajstić information content (AvgIpc) is 2.50. The van der Waals surface area contributed by atoms with Gasteiger partial charge in [-0.2, -0.15) is 0 Å². The fraction of sp³-hybridized carbons (Fsp3) is 0.235. The van der Waals surface area contributed by atoms with Gasteiger partial charge in [-0.25, -0.2) is 0 Å². The number of thiocarbonyl (C=S) groups is 1. The van der Waals surface area contributed by atoms with Crippen molar-refractivity contribution in [1.29, 1.82) is 0 Å². The highest BCUT2D eigenvalue weighted by Gasteiger charge is 1.99. The van der Waals surface area contributed by atoms with E-state index >= 15 is 0 Å². The van der Waals surface area contributed by atoms with Gasteiger partial charge in [-0.1, -0.05) is 18.2 Å². The smallest absolute Gasteiger partial charge is 0.170 e. The number of rotatable bonds is 6. The number of likely N-dealkylation sites (N-methyl/N-ethyl adjacent to an activating group) is 1. The molecule has 0 heterocycles. The Labute approximate surface area is 137 Å². The van der Waals surface area contributed by atoms with E-state index in [0.29, 0.717) is 5.11 Å². The fourth-order valence-electron chi connectivity index (χ4n) is 1.93. The van der Waals surface area contributed by atoms with Crippen molar-refractivity contribution in [3.05, 3.63) is 54.6 Å². The van der Waals surface area contributed by atoms with E-state index < -0.39 is 0 Å². The van der Waals surface area contributed by atoms with E-state index in [2.05, 4.69) is 30.0 Å². The van der Waals surface area contributed by atoms with Gasteiger partial charge in [0, 0.05) is 17.1 Å². The standard InChI is InChI=1S/C17H22N4S/c1-21(2)13-12-18-17(22)20-16-10-8-15(9-11-16)19-14-6-4-3-5-7-14/h3-11,19H,12-13H2,1-2H3,(H2,18,20,22)/p+1. The predicted molar refractivity (Wildman–Crippen MR) is 98.1 cm³/mol. The molecule has 2 aromatic rings. The maximum atomic E-state index is 5.28. The molecule has 0 aliphatic heterocycles. The second-order valence-electron chi connectivity index (χ2n) is 5.41. The Morgan fingerprint density at radius 1 is 0.909 bits per heavy atom. The summed E-state index contributed by atoms with van der Waals surface area (Å²) in [4.78, 5) is 1.40. The van der Waals surface area contributed by atoms with E-state index in [-0.39, 0.29) is 0 Å². The van der Waals surface area contributed by atoms with Crippen molar-refractivity contribution in [2.75, 3.05) is 37.8 Å². The number of nitrogens with one attached hydrogen (secondary N) is 4. The summed E-state index contributed by atoms with van der Waals surface area (Å²) in [5.41, 5.74) is 3.10. The second-order valence-corrected chi connectivity index (χ2v) is 5.81. The molecule has 4 N–H and O–H groups in total. The molecule has 5 heteroatoms. The Balaban J connectivity index is 1.82. The van der Waals surface area contributed by atoms with Crippen LogP contribution in [0.1, 0.15) is 0 Å². The first-order valence-corrected chi connectivity index (χ1v) is 7.80. The summed E-state index contributed by atoms with van der Waals surface area (Å²) in [6, 6.07) is 18.2. The zero-order valence-electron chi connectivity index (χ0n) is 13.0. The van der Waals surface area contributed by atoms with Crippen LogP contribution in [0.3, 0.4) is 0 Å². The van der Waals surface area contributed by atoms with Gasteiger partial charge in [-0.3, -0.25) is 0 Å². The van der Waals surface area contributed by atoms with Crippen LogP contribution in [-0.4, -0.2) is 32.3 Å². The lowest BCUT2D eigenvalue weighted by Crippen LogP contribution is -3.06. The number of anilines is 3.